The second-order valence-corrected chi connectivity index (χ2v) is 4.75. The van der Waals surface area contributed by atoms with E-state index in [9.17, 15) is 0 Å². The molecule has 3 nitrogen and oxygen atoms in total. The predicted octanol–water partition coefficient (Wildman–Crippen LogP) is 1.83. The minimum Gasteiger partial charge on any atom is -0.493 e. The molecule has 0 radical (unpaired) electrons. The fourth-order valence-electron chi connectivity index (χ4n) is 2.29. The Labute approximate surface area is 104 Å². The number of nitrogens with zero attached hydrogens (tertiary/aromatic N) is 1. The van der Waals surface area contributed by atoms with Gasteiger partial charge in [0.15, 0.2) is 0 Å². The minimum atomic E-state index is 0.431. The standard InChI is InChI=1S/C14H22N2O/c1-4-15-10-13(16(2)3)11-5-6-14-12(9-11)7-8-17-14/h5-6,9,13,15H,4,7-8,10H2,1-3H3. The molecule has 0 aliphatic carbocycles. The van der Waals surface area contributed by atoms with Crippen molar-refractivity contribution < 1.29 is 4.74 Å². The Hall–Kier alpha value is -1.06. The monoisotopic (exact) mass is 234 g/mol. The maximum atomic E-state index is 5.55. The molecule has 1 unspecified atom stereocenters. The topological polar surface area (TPSA) is 24.5 Å². The summed E-state index contributed by atoms with van der Waals surface area (Å²) < 4.78 is 5.55. The van der Waals surface area contributed by atoms with Gasteiger partial charge in [-0.3, -0.25) is 0 Å². The summed E-state index contributed by atoms with van der Waals surface area (Å²) in [5, 5.41) is 3.42. The molecule has 17 heavy (non-hydrogen) atoms. The molecule has 94 valence electrons. The summed E-state index contributed by atoms with van der Waals surface area (Å²) in [5.74, 6) is 1.06. The third-order valence-corrected chi connectivity index (χ3v) is 3.31. The maximum absolute atomic E-state index is 5.55. The van der Waals surface area contributed by atoms with Gasteiger partial charge in [0.25, 0.3) is 0 Å². The lowest BCUT2D eigenvalue weighted by Crippen LogP contribution is -2.30. The fraction of sp³-hybridized carbons (Fsp3) is 0.571. The van der Waals surface area contributed by atoms with E-state index in [1.807, 2.05) is 0 Å². The molecule has 3 heteroatoms. The van der Waals surface area contributed by atoms with Crippen LogP contribution in [0.3, 0.4) is 0 Å². The SMILES string of the molecule is CCNCC(c1ccc2c(c1)CCO2)N(C)C. The van der Waals surface area contributed by atoms with Crippen LogP contribution in [-0.2, 0) is 6.42 Å². The summed E-state index contributed by atoms with van der Waals surface area (Å²) in [7, 11) is 4.26. The third-order valence-electron chi connectivity index (χ3n) is 3.31. The van der Waals surface area contributed by atoms with Crippen LogP contribution in [0.25, 0.3) is 0 Å². The summed E-state index contributed by atoms with van der Waals surface area (Å²) in [6.07, 6.45) is 1.05. The largest absolute Gasteiger partial charge is 0.493 e. The molecule has 1 heterocycles. The molecule has 1 aromatic rings. The lowest BCUT2D eigenvalue weighted by molar-refractivity contribution is 0.290. The smallest absolute Gasteiger partial charge is 0.122 e. The predicted molar refractivity (Wildman–Crippen MR) is 70.6 cm³/mol. The van der Waals surface area contributed by atoms with E-state index in [4.69, 9.17) is 4.74 Å². The van der Waals surface area contributed by atoms with E-state index >= 15 is 0 Å². The van der Waals surface area contributed by atoms with Crippen LogP contribution >= 0.6 is 0 Å². The molecule has 1 N–H and O–H groups in total. The van der Waals surface area contributed by atoms with Gasteiger partial charge >= 0.3 is 0 Å². The van der Waals surface area contributed by atoms with Crippen LogP contribution < -0.4 is 10.1 Å². The molecule has 0 bridgehead atoms. The highest BCUT2D eigenvalue weighted by Gasteiger charge is 2.17. The molecule has 0 saturated carbocycles. The molecular formula is C14H22N2O. The van der Waals surface area contributed by atoms with Gasteiger partial charge in [0.2, 0.25) is 0 Å². The summed E-state index contributed by atoms with van der Waals surface area (Å²) in [6, 6.07) is 7.03. The van der Waals surface area contributed by atoms with Gasteiger partial charge < -0.3 is 15.0 Å². The van der Waals surface area contributed by atoms with E-state index in [1.165, 1.54) is 11.1 Å². The van der Waals surface area contributed by atoms with Gasteiger partial charge in [-0.2, -0.15) is 0 Å². The quantitative estimate of drug-likeness (QED) is 0.841. The lowest BCUT2D eigenvalue weighted by atomic mass is 10.0. The molecule has 0 spiro atoms. The van der Waals surface area contributed by atoms with Gasteiger partial charge in [-0.25, -0.2) is 0 Å². The Morgan fingerprint density at radius 1 is 1.41 bits per heavy atom. The van der Waals surface area contributed by atoms with Crippen molar-refractivity contribution in [3.63, 3.8) is 0 Å². The van der Waals surface area contributed by atoms with Crippen molar-refractivity contribution in [3.8, 4) is 5.75 Å². The first-order valence-corrected chi connectivity index (χ1v) is 6.35. The van der Waals surface area contributed by atoms with E-state index in [0.717, 1.165) is 31.9 Å². The van der Waals surface area contributed by atoms with Crippen molar-refractivity contribution in [1.29, 1.82) is 0 Å². The summed E-state index contributed by atoms with van der Waals surface area (Å²) >= 11 is 0. The highest BCUT2D eigenvalue weighted by Crippen LogP contribution is 2.29. The summed E-state index contributed by atoms with van der Waals surface area (Å²) in [4.78, 5) is 2.26. The summed E-state index contributed by atoms with van der Waals surface area (Å²) in [5.41, 5.74) is 2.73. The molecule has 0 amide bonds. The van der Waals surface area contributed by atoms with Crippen LogP contribution in [-0.4, -0.2) is 38.7 Å². The Morgan fingerprint density at radius 2 is 2.24 bits per heavy atom. The average molecular weight is 234 g/mol. The van der Waals surface area contributed by atoms with Crippen molar-refractivity contribution in [2.45, 2.75) is 19.4 Å². The molecular weight excluding hydrogens is 212 g/mol. The van der Waals surface area contributed by atoms with E-state index in [1.54, 1.807) is 0 Å². The van der Waals surface area contributed by atoms with Gasteiger partial charge in [0.05, 0.1) is 6.61 Å². The number of nitrogens with one attached hydrogen (secondary N) is 1. The van der Waals surface area contributed by atoms with E-state index < -0.39 is 0 Å². The zero-order valence-electron chi connectivity index (χ0n) is 11.0. The van der Waals surface area contributed by atoms with Gasteiger partial charge in [-0.1, -0.05) is 19.1 Å². The minimum absolute atomic E-state index is 0.431. The number of hydrogen-bond donors (Lipinski definition) is 1. The van der Waals surface area contributed by atoms with Crippen molar-refractivity contribution in [2.75, 3.05) is 33.8 Å². The van der Waals surface area contributed by atoms with Gasteiger partial charge in [0.1, 0.15) is 5.75 Å². The molecule has 1 aliphatic heterocycles. The lowest BCUT2D eigenvalue weighted by Gasteiger charge is -2.25. The van der Waals surface area contributed by atoms with Gasteiger partial charge in [-0.15, -0.1) is 0 Å². The van der Waals surface area contributed by atoms with Crippen molar-refractivity contribution in [3.05, 3.63) is 29.3 Å². The van der Waals surface area contributed by atoms with Crippen LogP contribution in [0, 0.1) is 0 Å². The highest BCUT2D eigenvalue weighted by molar-refractivity contribution is 5.40. The molecule has 1 atom stereocenters. The first-order chi connectivity index (χ1) is 8.22. The third kappa shape index (κ3) is 2.79. The van der Waals surface area contributed by atoms with E-state index in [2.05, 4.69) is 49.4 Å². The molecule has 1 aromatic carbocycles. The van der Waals surface area contributed by atoms with E-state index in [0.29, 0.717) is 6.04 Å². The summed E-state index contributed by atoms with van der Waals surface area (Å²) in [6.45, 7) is 4.98. The van der Waals surface area contributed by atoms with Crippen LogP contribution in [0.15, 0.2) is 18.2 Å². The average Bonchev–Trinajstić information content (AvgIpc) is 2.76. The van der Waals surface area contributed by atoms with Crippen LogP contribution in [0.4, 0.5) is 0 Å². The van der Waals surface area contributed by atoms with Gasteiger partial charge in [-0.05, 0) is 37.8 Å². The zero-order chi connectivity index (χ0) is 12.3. The van der Waals surface area contributed by atoms with Crippen LogP contribution in [0.1, 0.15) is 24.1 Å². The normalized spacial score (nSPS) is 15.8. The Kier molecular flexibility index (Phi) is 4.02. The highest BCUT2D eigenvalue weighted by atomic mass is 16.5. The number of ether oxygens (including phenoxy) is 1. The second kappa shape index (κ2) is 5.52. The molecule has 1 aliphatic rings. The number of rotatable bonds is 5. The fourth-order valence-corrected chi connectivity index (χ4v) is 2.29. The zero-order valence-corrected chi connectivity index (χ0v) is 11.0. The number of hydrogen-bond acceptors (Lipinski definition) is 3. The van der Waals surface area contributed by atoms with E-state index in [-0.39, 0.29) is 0 Å². The Balaban J connectivity index is 2.17. The first kappa shape index (κ1) is 12.4. The van der Waals surface area contributed by atoms with Gasteiger partial charge in [0, 0.05) is 19.0 Å². The number of benzene rings is 1. The Morgan fingerprint density at radius 3 is 2.94 bits per heavy atom. The molecule has 0 saturated heterocycles. The first-order valence-electron chi connectivity index (χ1n) is 6.35. The van der Waals surface area contributed by atoms with Crippen LogP contribution in [0.5, 0.6) is 5.75 Å². The van der Waals surface area contributed by atoms with Crippen LogP contribution in [0.2, 0.25) is 0 Å². The molecule has 0 aromatic heterocycles. The maximum Gasteiger partial charge on any atom is 0.122 e. The van der Waals surface area contributed by atoms with Crippen molar-refractivity contribution in [1.82, 2.24) is 10.2 Å². The van der Waals surface area contributed by atoms with Crippen molar-refractivity contribution >= 4 is 0 Å². The number of fused-ring (bicyclic) bond motifs is 1. The number of likely N-dealkylation sites (N-methyl/N-ethyl adjacent to an activating group) is 2. The van der Waals surface area contributed by atoms with Crippen molar-refractivity contribution in [2.24, 2.45) is 0 Å². The molecule has 2 rings (SSSR count). The molecule has 0 fully saturated rings. The second-order valence-electron chi connectivity index (χ2n) is 4.75. The Bertz CT molecular complexity index is 376.